The third-order valence-electron chi connectivity index (χ3n) is 6.99. The van der Waals surface area contributed by atoms with Gasteiger partial charge in [-0.25, -0.2) is 22.8 Å². The highest BCUT2D eigenvalue weighted by molar-refractivity contribution is 8.00. The maximum absolute atomic E-state index is 15.0. The molecule has 2 heterocycles. The van der Waals surface area contributed by atoms with E-state index in [1.807, 2.05) is 6.07 Å². The third-order valence-corrected chi connectivity index (χ3v) is 8.45. The first-order valence-electron chi connectivity index (χ1n) is 13.2. The van der Waals surface area contributed by atoms with Crippen LogP contribution in [0, 0.1) is 28.8 Å². The van der Waals surface area contributed by atoms with Crippen molar-refractivity contribution >= 4 is 23.4 Å². The summed E-state index contributed by atoms with van der Waals surface area (Å²) in [5.74, 6) is -2.87. The third kappa shape index (κ3) is 6.89. The summed E-state index contributed by atoms with van der Waals surface area (Å²) in [7, 11) is 0. The van der Waals surface area contributed by atoms with Gasteiger partial charge in [0.25, 0.3) is 5.91 Å². The van der Waals surface area contributed by atoms with E-state index in [1.165, 1.54) is 47.3 Å². The van der Waals surface area contributed by atoms with Crippen molar-refractivity contribution in [3.63, 3.8) is 0 Å². The van der Waals surface area contributed by atoms with E-state index in [2.05, 4.69) is 15.4 Å². The first kappa shape index (κ1) is 30.2. The largest absolute Gasteiger partial charge is 0.382 e. The number of amides is 1. The molecule has 3 aromatic carbocycles. The fourth-order valence-corrected chi connectivity index (χ4v) is 5.99. The number of nitriles is 1. The number of aromatic nitrogens is 3. The van der Waals surface area contributed by atoms with Crippen molar-refractivity contribution in [2.45, 2.75) is 35.9 Å². The Kier molecular flexibility index (Phi) is 9.12. The Balaban J connectivity index is 1.22. The minimum atomic E-state index is -1.80. The normalized spacial score (nSPS) is 18.8. The van der Waals surface area contributed by atoms with Crippen LogP contribution in [0.5, 0.6) is 0 Å². The molecule has 0 bridgehead atoms. The Bertz CT molecular complexity index is 1630. The molecule has 13 heteroatoms. The molecule has 1 saturated heterocycles. The summed E-state index contributed by atoms with van der Waals surface area (Å²) in [6.45, 7) is 1.82. The highest BCUT2D eigenvalue weighted by Crippen LogP contribution is 2.40. The van der Waals surface area contributed by atoms with E-state index in [-0.39, 0.29) is 41.7 Å². The number of benzene rings is 3. The van der Waals surface area contributed by atoms with Gasteiger partial charge in [0, 0.05) is 33.7 Å². The fourth-order valence-electron chi connectivity index (χ4n) is 4.67. The van der Waals surface area contributed by atoms with E-state index in [0.29, 0.717) is 17.3 Å². The maximum Gasteiger partial charge on any atom is 0.255 e. The van der Waals surface area contributed by atoms with Gasteiger partial charge in [-0.1, -0.05) is 19.1 Å². The van der Waals surface area contributed by atoms with E-state index in [4.69, 9.17) is 14.7 Å². The van der Waals surface area contributed by atoms with Crippen molar-refractivity contribution < 1.29 is 32.5 Å². The quantitative estimate of drug-likeness (QED) is 0.274. The van der Waals surface area contributed by atoms with Gasteiger partial charge in [0.2, 0.25) is 0 Å². The van der Waals surface area contributed by atoms with Crippen molar-refractivity contribution in [3.05, 3.63) is 113 Å². The smallest absolute Gasteiger partial charge is 0.255 e. The number of carbonyl (C=O) groups excluding carboxylic acids is 1. The minimum absolute atomic E-state index is 0.0865. The van der Waals surface area contributed by atoms with Gasteiger partial charge < -0.3 is 19.9 Å². The number of rotatable bonds is 9. The summed E-state index contributed by atoms with van der Waals surface area (Å²) in [6, 6.07) is 15.2. The zero-order valence-electron chi connectivity index (χ0n) is 22.8. The molecule has 1 aliphatic rings. The van der Waals surface area contributed by atoms with Gasteiger partial charge >= 0.3 is 0 Å². The molecule has 0 aliphatic carbocycles. The van der Waals surface area contributed by atoms with Gasteiger partial charge in [0.15, 0.2) is 6.29 Å². The van der Waals surface area contributed by atoms with Gasteiger partial charge in [0.05, 0.1) is 36.6 Å². The second-order valence-electron chi connectivity index (χ2n) is 9.92. The summed E-state index contributed by atoms with van der Waals surface area (Å²) in [5.41, 5.74) is -0.787. The van der Waals surface area contributed by atoms with Crippen LogP contribution < -0.4 is 5.32 Å². The van der Waals surface area contributed by atoms with Crippen LogP contribution >= 0.6 is 11.8 Å². The van der Waals surface area contributed by atoms with Crippen LogP contribution in [0.3, 0.4) is 0 Å². The van der Waals surface area contributed by atoms with Crippen LogP contribution in [0.25, 0.3) is 0 Å². The Labute approximate surface area is 249 Å². The van der Waals surface area contributed by atoms with E-state index < -0.39 is 40.5 Å². The van der Waals surface area contributed by atoms with Gasteiger partial charge in [-0.3, -0.25) is 4.79 Å². The zero-order chi connectivity index (χ0) is 30.6. The molecule has 0 saturated carbocycles. The lowest BCUT2D eigenvalue weighted by Crippen LogP contribution is -2.43. The molecule has 2 atom stereocenters. The Morgan fingerprint density at radius 2 is 1.88 bits per heavy atom. The van der Waals surface area contributed by atoms with Crippen molar-refractivity contribution in [1.29, 1.82) is 5.26 Å². The number of ether oxygens (including phenoxy) is 2. The Morgan fingerprint density at radius 1 is 1.14 bits per heavy atom. The molecule has 9 nitrogen and oxygen atoms in total. The van der Waals surface area contributed by atoms with Crippen molar-refractivity contribution in [3.8, 4) is 6.07 Å². The van der Waals surface area contributed by atoms with Gasteiger partial charge in [-0.05, 0) is 42.5 Å². The predicted octanol–water partition coefficient (Wildman–Crippen LogP) is 4.94. The fraction of sp³-hybridized carbons (Fsp3) is 0.267. The van der Waals surface area contributed by atoms with Crippen LogP contribution in [-0.4, -0.2) is 49.5 Å². The van der Waals surface area contributed by atoms with Gasteiger partial charge in [0.1, 0.15) is 35.7 Å². The van der Waals surface area contributed by atoms with E-state index in [9.17, 15) is 18.7 Å². The summed E-state index contributed by atoms with van der Waals surface area (Å²) < 4.78 is 56.4. The first-order valence-corrected chi connectivity index (χ1v) is 14.1. The minimum Gasteiger partial charge on any atom is -0.382 e. The summed E-state index contributed by atoms with van der Waals surface area (Å²) in [6.07, 6.45) is 1.65. The number of nitrogens with one attached hydrogen (secondary N) is 1. The number of hydrogen-bond donors (Lipinski definition) is 2. The Morgan fingerprint density at radius 3 is 2.51 bits per heavy atom. The summed E-state index contributed by atoms with van der Waals surface area (Å²) in [4.78, 5) is 16.5. The molecule has 0 unspecified atom stereocenters. The average Bonchev–Trinajstić information content (AvgIpc) is 3.50. The molecule has 1 amide bonds. The summed E-state index contributed by atoms with van der Waals surface area (Å²) >= 11 is 1.28. The number of thioether (sulfide) groups is 1. The predicted molar refractivity (Wildman–Crippen MR) is 151 cm³/mol. The molecule has 2 N–H and O–H groups in total. The van der Waals surface area contributed by atoms with Crippen molar-refractivity contribution in [1.82, 2.24) is 14.8 Å². The van der Waals surface area contributed by atoms with Crippen LogP contribution in [0.15, 0.2) is 73.3 Å². The number of nitrogens with zero attached hydrogens (tertiary/aromatic N) is 4. The number of anilines is 1. The van der Waals surface area contributed by atoms with Crippen LogP contribution in [0.1, 0.15) is 40.3 Å². The van der Waals surface area contributed by atoms with Crippen LogP contribution in [0.2, 0.25) is 0 Å². The highest BCUT2D eigenvalue weighted by atomic mass is 32.2. The van der Waals surface area contributed by atoms with E-state index in [1.54, 1.807) is 31.2 Å². The second kappa shape index (κ2) is 13.0. The monoisotopic (exact) mass is 609 g/mol. The second-order valence-corrected chi connectivity index (χ2v) is 11.6. The molecule has 1 aromatic heterocycles. The maximum atomic E-state index is 15.0. The zero-order valence-corrected chi connectivity index (χ0v) is 23.6. The number of aliphatic hydroxyl groups is 1. The molecule has 1 fully saturated rings. The molecule has 0 radical (unpaired) electrons. The molecular formula is C30H26F3N5O4S. The van der Waals surface area contributed by atoms with Gasteiger partial charge in [-0.15, -0.1) is 11.8 Å². The molecular weight excluding hydrogens is 583 g/mol. The van der Waals surface area contributed by atoms with Gasteiger partial charge in [-0.2, -0.15) is 10.4 Å². The molecule has 0 spiro atoms. The molecule has 4 aromatic rings. The number of hydrogen-bond acceptors (Lipinski definition) is 8. The van der Waals surface area contributed by atoms with Crippen LogP contribution in [0.4, 0.5) is 18.9 Å². The molecule has 222 valence electrons. The van der Waals surface area contributed by atoms with Crippen LogP contribution in [-0.2, 0) is 21.6 Å². The number of carbonyl (C=O) groups is 1. The Hall–Kier alpha value is -4.22. The molecule has 43 heavy (non-hydrogen) atoms. The lowest BCUT2D eigenvalue weighted by Gasteiger charge is -2.37. The highest BCUT2D eigenvalue weighted by Gasteiger charge is 2.41. The van der Waals surface area contributed by atoms with Crippen molar-refractivity contribution in [2.24, 2.45) is 0 Å². The van der Waals surface area contributed by atoms with E-state index >= 15 is 4.39 Å². The lowest BCUT2D eigenvalue weighted by atomic mass is 9.90. The standard InChI is InChI=1S/C30H26F3N5O4S/c1-18(30(40,15-38-17-35-16-36-38)25-9-5-21(31)11-27(25)33)43-23-13-41-29(42-14-23)24-8-4-20(10-26(24)32)28(39)37-22-6-2-19(12-34)3-7-22/h2-11,16-18,23,29,40H,13-15H2,1H3,(H,37,39)/t18-,23-,29-,30-/m1/s1. The topological polar surface area (TPSA) is 122 Å². The summed E-state index contributed by atoms with van der Waals surface area (Å²) in [5, 5.41) is 26.4. The lowest BCUT2D eigenvalue weighted by molar-refractivity contribution is -0.181. The van der Waals surface area contributed by atoms with E-state index in [0.717, 1.165) is 12.1 Å². The first-order chi connectivity index (χ1) is 20.7. The van der Waals surface area contributed by atoms with Crippen molar-refractivity contribution in [2.75, 3.05) is 18.5 Å². The average molecular weight is 610 g/mol. The molecule has 1 aliphatic heterocycles. The molecule has 5 rings (SSSR count). The SMILES string of the molecule is C[C@@H](S[C@H]1CO[C@H](c2ccc(C(=O)Nc3ccc(C#N)cc3)cc2F)OC1)[C@](O)(Cn1cncn1)c1ccc(F)cc1F. The number of halogens is 3.